The van der Waals surface area contributed by atoms with Crippen LogP contribution >= 0.6 is 0 Å². The van der Waals surface area contributed by atoms with Gasteiger partial charge in [-0.3, -0.25) is 0 Å². The van der Waals surface area contributed by atoms with E-state index in [0.29, 0.717) is 12.2 Å². The van der Waals surface area contributed by atoms with E-state index < -0.39 is 0 Å². The van der Waals surface area contributed by atoms with E-state index >= 15 is 0 Å². The van der Waals surface area contributed by atoms with Crippen LogP contribution < -0.4 is 0 Å². The summed E-state index contributed by atoms with van der Waals surface area (Å²) >= 11 is 0. The first-order chi connectivity index (χ1) is 14.8. The highest BCUT2D eigenvalue weighted by molar-refractivity contribution is 5.89. The van der Waals surface area contributed by atoms with Gasteiger partial charge in [0.15, 0.2) is 0 Å². The van der Waals surface area contributed by atoms with Crippen LogP contribution in [0.1, 0.15) is 114 Å². The lowest BCUT2D eigenvalue weighted by Crippen LogP contribution is -2.09. The molecule has 0 aliphatic heterocycles. The first kappa shape index (κ1) is 26.3. The molecule has 0 fully saturated rings. The fourth-order valence-electron chi connectivity index (χ4n) is 3.50. The van der Waals surface area contributed by atoms with E-state index in [9.17, 15) is 4.79 Å². The fraction of sp³-hybridized carbons (Fsp3) is 0.667. The van der Waals surface area contributed by atoms with Crippen LogP contribution in [0.5, 0.6) is 0 Å². The van der Waals surface area contributed by atoms with Gasteiger partial charge in [0.2, 0.25) is 0 Å². The van der Waals surface area contributed by atoms with Gasteiger partial charge in [0.1, 0.15) is 13.2 Å². The van der Waals surface area contributed by atoms with Crippen molar-refractivity contribution in [3.8, 4) is 0 Å². The number of allylic oxidation sites excluding steroid dienone is 1. The molecule has 0 aliphatic carbocycles. The molecule has 0 bridgehead atoms. The second-order valence-electron chi connectivity index (χ2n) is 8.13. The molecule has 170 valence electrons. The zero-order valence-electron chi connectivity index (χ0n) is 19.3. The Balaban J connectivity index is 1.77. The van der Waals surface area contributed by atoms with Gasteiger partial charge in [-0.1, -0.05) is 109 Å². The molecule has 3 heteroatoms. The second kappa shape index (κ2) is 20.5. The van der Waals surface area contributed by atoms with Crippen LogP contribution in [0.2, 0.25) is 0 Å². The third-order valence-electron chi connectivity index (χ3n) is 5.36. The van der Waals surface area contributed by atoms with Crippen LogP contribution in [0.4, 0.5) is 0 Å². The summed E-state index contributed by atoms with van der Waals surface area (Å²) in [6.45, 7) is 2.95. The first-order valence-electron chi connectivity index (χ1n) is 12.3. The number of esters is 1. The molecule has 1 rings (SSSR count). The van der Waals surface area contributed by atoms with E-state index in [0.717, 1.165) is 6.42 Å². The molecule has 1 aromatic rings. The molecule has 0 saturated heterocycles. The van der Waals surface area contributed by atoms with Crippen LogP contribution in [0, 0.1) is 0 Å². The monoisotopic (exact) mass is 416 g/mol. The van der Waals surface area contributed by atoms with Crippen molar-refractivity contribution >= 4 is 5.97 Å². The number of unbranched alkanes of at least 4 members (excludes halogenated alkanes) is 14. The Morgan fingerprint density at radius 2 is 1.27 bits per heavy atom. The molecular formula is C27H44O3. The predicted molar refractivity (Wildman–Crippen MR) is 127 cm³/mol. The van der Waals surface area contributed by atoms with E-state index in [2.05, 4.69) is 13.0 Å². The van der Waals surface area contributed by atoms with Crippen molar-refractivity contribution in [3.05, 3.63) is 48.2 Å². The fourth-order valence-corrected chi connectivity index (χ4v) is 3.50. The molecule has 0 saturated carbocycles. The van der Waals surface area contributed by atoms with Gasteiger partial charge in [0.25, 0.3) is 0 Å². The van der Waals surface area contributed by atoms with Crippen LogP contribution in [-0.2, 0) is 9.47 Å². The van der Waals surface area contributed by atoms with Gasteiger partial charge in [-0.2, -0.15) is 0 Å². The average molecular weight is 417 g/mol. The minimum atomic E-state index is -0.300. The third kappa shape index (κ3) is 16.1. The Morgan fingerprint density at radius 1 is 0.733 bits per heavy atom. The molecule has 0 aliphatic rings. The number of rotatable bonds is 20. The Labute approximate surface area is 185 Å². The maximum atomic E-state index is 11.7. The van der Waals surface area contributed by atoms with Gasteiger partial charge < -0.3 is 9.47 Å². The Kier molecular flexibility index (Phi) is 17.9. The highest BCUT2D eigenvalue weighted by Crippen LogP contribution is 2.13. The number of hydrogen-bond donors (Lipinski definition) is 0. The second-order valence-corrected chi connectivity index (χ2v) is 8.13. The van der Waals surface area contributed by atoms with E-state index in [1.165, 1.54) is 89.9 Å². The average Bonchev–Trinajstić information content (AvgIpc) is 2.78. The molecule has 0 unspecified atom stereocenters. The maximum Gasteiger partial charge on any atom is 0.338 e. The molecule has 0 spiro atoms. The Hall–Kier alpha value is -1.77. The quantitative estimate of drug-likeness (QED) is 0.122. The topological polar surface area (TPSA) is 35.5 Å². The standard InChI is InChI=1S/C27H44O3/c1-2-3-4-5-6-7-8-9-10-11-12-13-14-15-16-20-23-29-24-25-30-27(28)26-21-18-17-19-22-26/h17-23H,2-16,24-25H2,1H3. The summed E-state index contributed by atoms with van der Waals surface area (Å²) in [6.07, 6.45) is 24.3. The lowest BCUT2D eigenvalue weighted by molar-refractivity contribution is 0.0420. The van der Waals surface area contributed by atoms with Crippen molar-refractivity contribution in [1.82, 2.24) is 0 Å². The van der Waals surface area contributed by atoms with Gasteiger partial charge in [-0.05, 0) is 31.1 Å². The summed E-state index contributed by atoms with van der Waals surface area (Å²) in [6, 6.07) is 9.03. The molecule has 0 atom stereocenters. The van der Waals surface area contributed by atoms with Gasteiger partial charge in [0, 0.05) is 0 Å². The van der Waals surface area contributed by atoms with Crippen LogP contribution in [-0.4, -0.2) is 19.2 Å². The predicted octanol–water partition coefficient (Wildman–Crippen LogP) is 8.25. The number of ether oxygens (including phenoxy) is 2. The highest BCUT2D eigenvalue weighted by Gasteiger charge is 2.04. The van der Waals surface area contributed by atoms with Crippen molar-refractivity contribution in [2.45, 2.75) is 103 Å². The largest absolute Gasteiger partial charge is 0.498 e. The molecular weight excluding hydrogens is 372 g/mol. The minimum absolute atomic E-state index is 0.275. The zero-order chi connectivity index (χ0) is 21.5. The van der Waals surface area contributed by atoms with Crippen molar-refractivity contribution in [2.75, 3.05) is 13.2 Å². The van der Waals surface area contributed by atoms with Gasteiger partial charge in [-0.25, -0.2) is 4.79 Å². The summed E-state index contributed by atoms with van der Waals surface area (Å²) < 4.78 is 10.5. The first-order valence-corrected chi connectivity index (χ1v) is 12.3. The van der Waals surface area contributed by atoms with Gasteiger partial charge >= 0.3 is 5.97 Å². The summed E-state index contributed by atoms with van der Waals surface area (Å²) in [5.74, 6) is -0.300. The number of hydrogen-bond acceptors (Lipinski definition) is 3. The van der Waals surface area contributed by atoms with Crippen molar-refractivity contribution in [3.63, 3.8) is 0 Å². The maximum absolute atomic E-state index is 11.7. The Bertz CT molecular complexity index is 524. The number of benzene rings is 1. The molecule has 0 N–H and O–H groups in total. The van der Waals surface area contributed by atoms with Crippen LogP contribution in [0.25, 0.3) is 0 Å². The van der Waals surface area contributed by atoms with Crippen molar-refractivity contribution in [1.29, 1.82) is 0 Å². The van der Waals surface area contributed by atoms with Gasteiger partial charge in [0.05, 0.1) is 11.8 Å². The Morgan fingerprint density at radius 3 is 1.83 bits per heavy atom. The molecule has 3 nitrogen and oxygen atoms in total. The lowest BCUT2D eigenvalue weighted by Gasteiger charge is -2.04. The molecule has 0 aromatic heterocycles. The minimum Gasteiger partial charge on any atom is -0.498 e. The van der Waals surface area contributed by atoms with E-state index in [-0.39, 0.29) is 12.6 Å². The molecule has 1 aromatic carbocycles. The molecule has 0 radical (unpaired) electrons. The van der Waals surface area contributed by atoms with Gasteiger partial charge in [-0.15, -0.1) is 0 Å². The van der Waals surface area contributed by atoms with Crippen molar-refractivity contribution < 1.29 is 14.3 Å². The highest BCUT2D eigenvalue weighted by atomic mass is 16.6. The SMILES string of the molecule is CCCCCCCCCCCCCCCCC=COCCOC(=O)c1ccccc1. The number of carbonyl (C=O) groups is 1. The molecule has 30 heavy (non-hydrogen) atoms. The zero-order valence-corrected chi connectivity index (χ0v) is 19.3. The van der Waals surface area contributed by atoms with Crippen molar-refractivity contribution in [2.24, 2.45) is 0 Å². The third-order valence-corrected chi connectivity index (χ3v) is 5.36. The summed E-state index contributed by atoms with van der Waals surface area (Å²) in [5.41, 5.74) is 0.575. The lowest BCUT2D eigenvalue weighted by atomic mass is 10.0. The van der Waals surface area contributed by atoms with E-state index in [1.807, 2.05) is 18.2 Å². The van der Waals surface area contributed by atoms with Crippen LogP contribution in [0.3, 0.4) is 0 Å². The smallest absolute Gasteiger partial charge is 0.338 e. The summed E-state index contributed by atoms with van der Waals surface area (Å²) in [4.78, 5) is 11.7. The van der Waals surface area contributed by atoms with E-state index in [1.54, 1.807) is 18.4 Å². The summed E-state index contributed by atoms with van der Waals surface area (Å²) in [7, 11) is 0. The normalized spacial score (nSPS) is 11.1. The van der Waals surface area contributed by atoms with Crippen LogP contribution in [0.15, 0.2) is 42.7 Å². The van der Waals surface area contributed by atoms with E-state index in [4.69, 9.17) is 9.47 Å². The molecule has 0 heterocycles. The summed E-state index contributed by atoms with van der Waals surface area (Å²) in [5, 5.41) is 0. The molecule has 0 amide bonds. The number of carbonyl (C=O) groups excluding carboxylic acids is 1.